The number of carbonyl (C=O) groups excluding carboxylic acids is 1. The summed E-state index contributed by atoms with van der Waals surface area (Å²) in [5, 5.41) is 0.724. The van der Waals surface area contributed by atoms with Gasteiger partial charge in [0.1, 0.15) is 6.54 Å². The van der Waals surface area contributed by atoms with Crippen LogP contribution < -0.4 is 4.57 Å². The summed E-state index contributed by atoms with van der Waals surface area (Å²) in [5.74, 6) is 0.846. The van der Waals surface area contributed by atoms with Gasteiger partial charge in [-0.15, -0.1) is 0 Å². The third-order valence-corrected chi connectivity index (χ3v) is 4.63. The van der Waals surface area contributed by atoms with Crippen molar-refractivity contribution < 1.29 is 14.1 Å². The smallest absolute Gasteiger partial charge is 0.338 e. The monoisotopic (exact) mass is 357 g/mol. The van der Waals surface area contributed by atoms with Crippen LogP contribution in [0, 0.1) is 6.92 Å². The van der Waals surface area contributed by atoms with Crippen LogP contribution in [0.25, 0.3) is 11.0 Å². The van der Waals surface area contributed by atoms with Crippen molar-refractivity contribution in [1.29, 1.82) is 0 Å². The van der Waals surface area contributed by atoms with Crippen LogP contribution in [0.15, 0.2) is 42.5 Å². The molecule has 1 heterocycles. The Morgan fingerprint density at radius 3 is 2.68 bits per heavy atom. The van der Waals surface area contributed by atoms with Gasteiger partial charge in [-0.3, -0.25) is 0 Å². The second-order valence-electron chi connectivity index (χ2n) is 5.93. The fourth-order valence-corrected chi connectivity index (χ4v) is 3.43. The maximum Gasteiger partial charge on any atom is 0.338 e. The molecule has 0 bridgehead atoms. The Bertz CT molecular complexity index is 931. The fraction of sp³-hybridized carbons (Fsp3) is 0.300. The van der Waals surface area contributed by atoms with Crippen LogP contribution in [0.5, 0.6) is 0 Å². The number of aromatic nitrogens is 2. The number of aryl methyl sites for hydroxylation is 1. The number of ether oxygens (including phenoxy) is 1. The number of halogens is 1. The maximum atomic E-state index is 12.1. The van der Waals surface area contributed by atoms with Gasteiger partial charge in [0.05, 0.1) is 18.7 Å². The molecule has 130 valence electrons. The van der Waals surface area contributed by atoms with E-state index in [2.05, 4.69) is 29.0 Å². The summed E-state index contributed by atoms with van der Waals surface area (Å²) in [6, 6.07) is 13.6. The molecule has 0 aliphatic rings. The standard InChI is InChI=1S/C20H22ClN2O2/c1-4-22-14(3)23(13-15-7-6-8-17(21)11-15)19-12-16(9-10-18(19)22)20(24)25-5-2/h6-12H,4-5,13H2,1-3H3/q+1. The summed E-state index contributed by atoms with van der Waals surface area (Å²) in [6.45, 7) is 7.96. The molecule has 5 heteroatoms. The highest BCUT2D eigenvalue weighted by molar-refractivity contribution is 6.30. The van der Waals surface area contributed by atoms with E-state index >= 15 is 0 Å². The zero-order valence-corrected chi connectivity index (χ0v) is 15.5. The highest BCUT2D eigenvalue weighted by Crippen LogP contribution is 2.20. The van der Waals surface area contributed by atoms with Crippen LogP contribution in [-0.4, -0.2) is 17.1 Å². The first-order valence-electron chi connectivity index (χ1n) is 8.49. The molecular formula is C20H22ClN2O2+. The SMILES string of the molecule is CCOC(=O)c1ccc2c(c1)n(Cc1cccc(Cl)c1)c(C)[n+]2CC. The summed E-state index contributed by atoms with van der Waals surface area (Å²) in [4.78, 5) is 12.1. The van der Waals surface area contributed by atoms with Gasteiger partial charge in [0.15, 0.2) is 11.0 Å². The van der Waals surface area contributed by atoms with Gasteiger partial charge in [0.2, 0.25) is 0 Å². The lowest BCUT2D eigenvalue weighted by Gasteiger charge is -2.03. The summed E-state index contributed by atoms with van der Waals surface area (Å²) < 4.78 is 9.60. The molecule has 0 saturated heterocycles. The van der Waals surface area contributed by atoms with E-state index in [0.29, 0.717) is 18.7 Å². The molecule has 0 aliphatic heterocycles. The van der Waals surface area contributed by atoms with Gasteiger partial charge in [-0.05, 0) is 43.7 Å². The normalized spacial score (nSPS) is 11.0. The van der Waals surface area contributed by atoms with Crippen molar-refractivity contribution in [3.8, 4) is 0 Å². The van der Waals surface area contributed by atoms with Crippen LogP contribution in [0.1, 0.15) is 35.6 Å². The van der Waals surface area contributed by atoms with Crippen LogP contribution >= 0.6 is 11.6 Å². The molecule has 3 aromatic rings. The lowest BCUT2D eigenvalue weighted by molar-refractivity contribution is -0.674. The molecule has 4 nitrogen and oxygen atoms in total. The zero-order chi connectivity index (χ0) is 18.0. The van der Waals surface area contributed by atoms with E-state index in [9.17, 15) is 4.79 Å². The number of imidazole rings is 1. The second-order valence-corrected chi connectivity index (χ2v) is 6.37. The molecule has 0 radical (unpaired) electrons. The number of nitrogens with zero attached hydrogens (tertiary/aromatic N) is 2. The molecular weight excluding hydrogens is 336 g/mol. The molecule has 3 rings (SSSR count). The van der Waals surface area contributed by atoms with Gasteiger partial charge in [0.25, 0.3) is 5.82 Å². The van der Waals surface area contributed by atoms with Gasteiger partial charge in [-0.1, -0.05) is 23.7 Å². The van der Waals surface area contributed by atoms with E-state index in [4.69, 9.17) is 16.3 Å². The number of hydrogen-bond acceptors (Lipinski definition) is 2. The number of carbonyl (C=O) groups is 1. The Labute approximate surface area is 152 Å². The van der Waals surface area contributed by atoms with E-state index < -0.39 is 0 Å². The molecule has 1 aromatic heterocycles. The number of benzene rings is 2. The first-order valence-corrected chi connectivity index (χ1v) is 8.87. The maximum absolute atomic E-state index is 12.1. The van der Waals surface area contributed by atoms with Crippen molar-refractivity contribution in [3.63, 3.8) is 0 Å². The molecule has 25 heavy (non-hydrogen) atoms. The van der Waals surface area contributed by atoms with Crippen LogP contribution in [-0.2, 0) is 17.8 Å². The zero-order valence-electron chi connectivity index (χ0n) is 14.8. The number of rotatable bonds is 5. The Morgan fingerprint density at radius 1 is 1.20 bits per heavy atom. The molecule has 0 unspecified atom stereocenters. The predicted octanol–water partition coefficient (Wildman–Crippen LogP) is 4.14. The van der Waals surface area contributed by atoms with Gasteiger partial charge >= 0.3 is 5.97 Å². The topological polar surface area (TPSA) is 35.1 Å². The van der Waals surface area contributed by atoms with Crippen LogP contribution in [0.3, 0.4) is 0 Å². The summed E-state index contributed by atoms with van der Waals surface area (Å²) >= 11 is 6.13. The van der Waals surface area contributed by atoms with E-state index in [1.165, 1.54) is 0 Å². The third kappa shape index (κ3) is 3.40. The average molecular weight is 358 g/mol. The van der Waals surface area contributed by atoms with Crippen molar-refractivity contribution in [2.45, 2.75) is 33.9 Å². The van der Waals surface area contributed by atoms with Gasteiger partial charge in [-0.25, -0.2) is 13.9 Å². The lowest BCUT2D eigenvalue weighted by Crippen LogP contribution is -2.35. The van der Waals surface area contributed by atoms with E-state index in [1.807, 2.05) is 43.3 Å². The quantitative estimate of drug-likeness (QED) is 0.508. The summed E-state index contributed by atoms with van der Waals surface area (Å²) in [7, 11) is 0. The van der Waals surface area contributed by atoms with Crippen LogP contribution in [0.2, 0.25) is 5.02 Å². The lowest BCUT2D eigenvalue weighted by atomic mass is 10.2. The van der Waals surface area contributed by atoms with E-state index in [0.717, 1.165) is 34.0 Å². The Kier molecular flexibility index (Phi) is 5.09. The number of hydrogen-bond donors (Lipinski definition) is 0. The minimum atomic E-state index is -0.291. The molecule has 0 fully saturated rings. The first-order chi connectivity index (χ1) is 12.0. The molecule has 0 N–H and O–H groups in total. The second kappa shape index (κ2) is 7.28. The van der Waals surface area contributed by atoms with Crippen molar-refractivity contribution in [2.24, 2.45) is 0 Å². The Morgan fingerprint density at radius 2 is 2.00 bits per heavy atom. The fourth-order valence-electron chi connectivity index (χ4n) is 3.22. The third-order valence-electron chi connectivity index (χ3n) is 4.40. The Hall–Kier alpha value is -2.33. The van der Waals surface area contributed by atoms with Crippen molar-refractivity contribution in [2.75, 3.05) is 6.61 Å². The van der Waals surface area contributed by atoms with Crippen molar-refractivity contribution in [3.05, 3.63) is 64.4 Å². The Balaban J connectivity index is 2.13. The van der Waals surface area contributed by atoms with Crippen molar-refractivity contribution >= 4 is 28.6 Å². The summed E-state index contributed by atoms with van der Waals surface area (Å²) in [6.07, 6.45) is 0. The largest absolute Gasteiger partial charge is 0.462 e. The van der Waals surface area contributed by atoms with Gasteiger partial charge < -0.3 is 4.74 Å². The van der Waals surface area contributed by atoms with Crippen molar-refractivity contribution in [1.82, 2.24) is 4.57 Å². The number of fused-ring (bicyclic) bond motifs is 1. The highest BCUT2D eigenvalue weighted by Gasteiger charge is 2.22. The van der Waals surface area contributed by atoms with E-state index in [-0.39, 0.29) is 5.97 Å². The summed E-state index contributed by atoms with van der Waals surface area (Å²) in [5.41, 5.74) is 3.82. The predicted molar refractivity (Wildman–Crippen MR) is 99.1 cm³/mol. The molecule has 0 atom stereocenters. The van der Waals surface area contributed by atoms with Gasteiger partial charge in [0, 0.05) is 18.0 Å². The average Bonchev–Trinajstić information content (AvgIpc) is 2.86. The first kappa shape index (κ1) is 17.5. The number of esters is 1. The van der Waals surface area contributed by atoms with Gasteiger partial charge in [-0.2, -0.15) is 0 Å². The van der Waals surface area contributed by atoms with E-state index in [1.54, 1.807) is 0 Å². The molecule has 2 aromatic carbocycles. The van der Waals surface area contributed by atoms with Crippen LogP contribution in [0.4, 0.5) is 0 Å². The molecule has 0 amide bonds. The highest BCUT2D eigenvalue weighted by atomic mass is 35.5. The molecule has 0 saturated carbocycles. The minimum Gasteiger partial charge on any atom is -0.462 e. The molecule has 0 spiro atoms. The molecule has 0 aliphatic carbocycles. The minimum absolute atomic E-state index is 0.291.